The first-order valence-electron chi connectivity index (χ1n) is 11.7. The Morgan fingerprint density at radius 1 is 1.02 bits per heavy atom. The Kier molecular flexibility index (Phi) is 10.6. The van der Waals surface area contributed by atoms with Crippen molar-refractivity contribution in [1.29, 1.82) is 0 Å². The molecule has 40 heavy (non-hydrogen) atoms. The number of amides is 1. The second kappa shape index (κ2) is 13.3. The molecule has 0 radical (unpaired) electrons. The summed E-state index contributed by atoms with van der Waals surface area (Å²) < 4.78 is 39.2. The van der Waals surface area contributed by atoms with Crippen molar-refractivity contribution in [2.24, 2.45) is 10.2 Å². The predicted molar refractivity (Wildman–Crippen MR) is 149 cm³/mol. The summed E-state index contributed by atoms with van der Waals surface area (Å²) in [6.07, 6.45) is 0.313. The summed E-state index contributed by atoms with van der Waals surface area (Å²) in [6.45, 7) is 4.01. The van der Waals surface area contributed by atoms with E-state index in [1.807, 2.05) is 6.92 Å². The van der Waals surface area contributed by atoms with Gasteiger partial charge in [0.05, 0.1) is 23.0 Å². The topological polar surface area (TPSA) is 140 Å². The summed E-state index contributed by atoms with van der Waals surface area (Å²) in [6, 6.07) is 15.4. The quantitative estimate of drug-likeness (QED) is 0.175. The van der Waals surface area contributed by atoms with Crippen molar-refractivity contribution < 1.29 is 57.2 Å². The molecule has 0 aliphatic carbocycles. The molecule has 4 aromatic carbocycles. The minimum Gasteiger partial charge on any atom is -0.870 e. The SMILES string of the molecule is CCOc1ccc(NC(=O)c2cc3ccccc3c(N=Nc3c(CC)cc(Cl)cc3S(=O)(=O)O)c2[O-])c(Cl)c1.[Na+]. The van der Waals surface area contributed by atoms with Crippen molar-refractivity contribution in [3.63, 3.8) is 0 Å². The van der Waals surface area contributed by atoms with Crippen LogP contribution >= 0.6 is 23.2 Å². The third-order valence-electron chi connectivity index (χ3n) is 5.75. The molecule has 202 valence electrons. The maximum Gasteiger partial charge on any atom is 1.00 e. The summed E-state index contributed by atoms with van der Waals surface area (Å²) in [7, 11) is -4.71. The average molecular weight is 610 g/mol. The molecule has 0 saturated heterocycles. The zero-order chi connectivity index (χ0) is 28.3. The van der Waals surface area contributed by atoms with Crippen LogP contribution in [-0.2, 0) is 16.5 Å². The number of anilines is 1. The minimum atomic E-state index is -4.71. The third-order valence-corrected chi connectivity index (χ3v) is 7.15. The number of hydrogen-bond donors (Lipinski definition) is 2. The van der Waals surface area contributed by atoms with Gasteiger partial charge in [0.1, 0.15) is 16.3 Å². The second-order valence-electron chi connectivity index (χ2n) is 8.29. The van der Waals surface area contributed by atoms with Crippen LogP contribution < -0.4 is 44.7 Å². The molecule has 13 heteroatoms. The summed E-state index contributed by atoms with van der Waals surface area (Å²) in [4.78, 5) is 12.6. The van der Waals surface area contributed by atoms with Gasteiger partial charge in [-0.15, -0.1) is 5.11 Å². The monoisotopic (exact) mass is 609 g/mol. The Hall–Kier alpha value is -2.70. The average Bonchev–Trinajstić information content (AvgIpc) is 2.89. The number of fused-ring (bicyclic) bond motifs is 1. The fraction of sp³-hybridized carbons (Fsp3) is 0.148. The van der Waals surface area contributed by atoms with Gasteiger partial charge in [0.2, 0.25) is 0 Å². The van der Waals surface area contributed by atoms with Gasteiger partial charge in [-0.25, -0.2) is 0 Å². The number of nitrogens with one attached hydrogen (secondary N) is 1. The molecule has 0 unspecified atom stereocenters. The van der Waals surface area contributed by atoms with Crippen molar-refractivity contribution in [3.8, 4) is 11.5 Å². The number of halogens is 2. The smallest absolute Gasteiger partial charge is 0.870 e. The van der Waals surface area contributed by atoms with Crippen LogP contribution in [0.1, 0.15) is 29.8 Å². The molecule has 0 aliphatic rings. The van der Waals surface area contributed by atoms with E-state index in [1.165, 1.54) is 12.1 Å². The number of rotatable bonds is 8. The van der Waals surface area contributed by atoms with E-state index in [-0.39, 0.29) is 62.2 Å². The Morgan fingerprint density at radius 3 is 2.38 bits per heavy atom. The third kappa shape index (κ3) is 6.95. The van der Waals surface area contributed by atoms with Crippen molar-refractivity contribution in [3.05, 3.63) is 81.8 Å². The van der Waals surface area contributed by atoms with E-state index in [4.69, 9.17) is 27.9 Å². The predicted octanol–water partition coefficient (Wildman–Crippen LogP) is 4.10. The molecule has 0 bridgehead atoms. The van der Waals surface area contributed by atoms with Gasteiger partial charge in [-0.1, -0.05) is 60.1 Å². The second-order valence-corrected chi connectivity index (χ2v) is 10.5. The molecule has 0 fully saturated rings. The number of azo groups is 1. The van der Waals surface area contributed by atoms with Crippen molar-refractivity contribution in [2.75, 3.05) is 11.9 Å². The number of aryl methyl sites for hydroxylation is 1. The Bertz CT molecular complexity index is 1730. The molecule has 1 amide bonds. The van der Waals surface area contributed by atoms with Crippen molar-refractivity contribution >= 4 is 67.1 Å². The number of carbonyl (C=O) groups is 1. The molecular formula is C27H22Cl2N3NaO6S. The fourth-order valence-corrected chi connectivity index (χ4v) is 5.14. The Balaban J connectivity index is 0.00000441. The summed E-state index contributed by atoms with van der Waals surface area (Å²) >= 11 is 12.3. The summed E-state index contributed by atoms with van der Waals surface area (Å²) in [5.74, 6) is -0.943. The van der Waals surface area contributed by atoms with Crippen LogP contribution in [-0.4, -0.2) is 25.5 Å². The van der Waals surface area contributed by atoms with E-state index in [1.54, 1.807) is 49.4 Å². The maximum atomic E-state index is 13.5. The molecule has 4 aromatic rings. The molecule has 0 spiro atoms. The van der Waals surface area contributed by atoms with Gasteiger partial charge in [-0.2, -0.15) is 13.5 Å². The van der Waals surface area contributed by atoms with Gasteiger partial charge < -0.3 is 15.2 Å². The fourth-order valence-electron chi connectivity index (χ4n) is 3.93. The van der Waals surface area contributed by atoms with Gasteiger partial charge in [0, 0.05) is 22.0 Å². The Morgan fingerprint density at radius 2 is 1.73 bits per heavy atom. The van der Waals surface area contributed by atoms with Crippen molar-refractivity contribution in [2.45, 2.75) is 25.2 Å². The van der Waals surface area contributed by atoms with Crippen LogP contribution in [0.15, 0.2) is 75.8 Å². The molecule has 4 rings (SSSR count). The van der Waals surface area contributed by atoms with Gasteiger partial charge >= 0.3 is 29.6 Å². The molecular weight excluding hydrogens is 588 g/mol. The summed E-state index contributed by atoms with van der Waals surface area (Å²) in [5.41, 5.74) is 0.0785. The Labute approximate surface area is 263 Å². The first-order chi connectivity index (χ1) is 18.5. The van der Waals surface area contributed by atoms with Crippen LogP contribution in [0.2, 0.25) is 10.0 Å². The number of carbonyl (C=O) groups excluding carboxylic acids is 1. The van der Waals surface area contributed by atoms with E-state index in [2.05, 4.69) is 15.5 Å². The number of ether oxygens (including phenoxy) is 1. The van der Waals surface area contributed by atoms with Crippen LogP contribution in [0.4, 0.5) is 17.1 Å². The van der Waals surface area contributed by atoms with Crippen LogP contribution in [0.3, 0.4) is 0 Å². The molecule has 0 aliphatic heterocycles. The van der Waals surface area contributed by atoms with Crippen LogP contribution in [0.5, 0.6) is 11.5 Å². The van der Waals surface area contributed by atoms with Gasteiger partial charge in [-0.05, 0) is 54.6 Å². The first-order valence-corrected chi connectivity index (χ1v) is 13.9. The summed E-state index contributed by atoms with van der Waals surface area (Å²) in [5, 5.41) is 25.5. The first kappa shape index (κ1) is 31.8. The zero-order valence-corrected chi connectivity index (χ0v) is 26.1. The standard InChI is InChI=1S/C27H23Cl2N3O6S.Na/c1-3-15-11-17(28)13-23(39(35,36)37)24(15)31-32-25-19-8-6-5-7-16(19)12-20(26(25)33)27(34)30-22-10-9-18(38-4-2)14-21(22)29;/h5-14,33H,3-4H2,1-2H3,(H,30,34)(H,35,36,37);/q;+1/p-1. The van der Waals surface area contributed by atoms with Crippen LogP contribution in [0, 0.1) is 0 Å². The minimum absolute atomic E-state index is 0. The molecule has 2 N–H and O–H groups in total. The van der Waals surface area contributed by atoms with E-state index >= 15 is 0 Å². The van der Waals surface area contributed by atoms with E-state index in [0.717, 1.165) is 6.07 Å². The van der Waals surface area contributed by atoms with E-state index < -0.39 is 26.7 Å². The number of nitrogens with zero attached hydrogens (tertiary/aromatic N) is 2. The van der Waals surface area contributed by atoms with Gasteiger partial charge in [0.25, 0.3) is 16.0 Å². The molecule has 0 saturated carbocycles. The van der Waals surface area contributed by atoms with Crippen LogP contribution in [0.25, 0.3) is 10.8 Å². The molecule has 0 heterocycles. The zero-order valence-electron chi connectivity index (χ0n) is 21.7. The maximum absolute atomic E-state index is 13.5. The van der Waals surface area contributed by atoms with E-state index in [0.29, 0.717) is 35.1 Å². The number of hydrogen-bond acceptors (Lipinski definition) is 7. The van der Waals surface area contributed by atoms with Gasteiger partial charge in [0.15, 0.2) is 0 Å². The molecule has 0 atom stereocenters. The van der Waals surface area contributed by atoms with E-state index in [9.17, 15) is 22.9 Å². The van der Waals surface area contributed by atoms with Crippen molar-refractivity contribution in [1.82, 2.24) is 0 Å². The normalized spacial score (nSPS) is 11.4. The number of benzene rings is 4. The molecule has 9 nitrogen and oxygen atoms in total. The van der Waals surface area contributed by atoms with Gasteiger partial charge in [-0.3, -0.25) is 9.35 Å². The molecule has 0 aromatic heterocycles. The largest absolute Gasteiger partial charge is 1.00 e.